The van der Waals surface area contributed by atoms with Crippen LogP contribution in [-0.2, 0) is 6.54 Å². The third-order valence-corrected chi connectivity index (χ3v) is 5.32. The average Bonchev–Trinajstić information content (AvgIpc) is 3.27. The second kappa shape index (κ2) is 7.55. The van der Waals surface area contributed by atoms with Gasteiger partial charge in [-0.2, -0.15) is 5.10 Å². The van der Waals surface area contributed by atoms with Crippen LogP contribution in [0.5, 0.6) is 5.75 Å². The monoisotopic (exact) mass is 399 g/mol. The van der Waals surface area contributed by atoms with Crippen molar-refractivity contribution in [1.82, 2.24) is 30.1 Å². The van der Waals surface area contributed by atoms with Crippen molar-refractivity contribution in [2.75, 3.05) is 19.1 Å². The summed E-state index contributed by atoms with van der Waals surface area (Å²) in [7, 11) is 3.69. The number of rotatable bonds is 5. The lowest BCUT2D eigenvalue weighted by molar-refractivity contribution is 0.414. The molecule has 5 rings (SSSR count). The molecule has 1 aliphatic rings. The van der Waals surface area contributed by atoms with Gasteiger partial charge in [-0.15, -0.1) is 0 Å². The average molecular weight is 399 g/mol. The van der Waals surface area contributed by atoms with E-state index in [9.17, 15) is 0 Å². The maximum atomic E-state index is 5.31. The van der Waals surface area contributed by atoms with Crippen molar-refractivity contribution in [2.24, 2.45) is 0 Å². The number of methoxy groups -OCH3 is 1. The van der Waals surface area contributed by atoms with Gasteiger partial charge in [0.15, 0.2) is 5.65 Å². The van der Waals surface area contributed by atoms with Crippen LogP contribution >= 0.6 is 0 Å². The van der Waals surface area contributed by atoms with E-state index < -0.39 is 0 Å². The highest BCUT2D eigenvalue weighted by Gasteiger charge is 2.17. The lowest BCUT2D eigenvalue weighted by atomic mass is 9.95. The van der Waals surface area contributed by atoms with E-state index in [4.69, 9.17) is 9.72 Å². The summed E-state index contributed by atoms with van der Waals surface area (Å²) < 4.78 is 5.31. The summed E-state index contributed by atoms with van der Waals surface area (Å²) in [6, 6.07) is 8.05. The zero-order chi connectivity index (χ0) is 20.5. The van der Waals surface area contributed by atoms with Crippen LogP contribution in [0, 0.1) is 0 Å². The van der Waals surface area contributed by atoms with Crippen molar-refractivity contribution in [3.05, 3.63) is 64.9 Å². The number of nitrogens with zero attached hydrogens (tertiary/aromatic N) is 6. The number of hydrogen-bond donors (Lipinski definition) is 1. The minimum Gasteiger partial charge on any atom is -0.497 e. The summed E-state index contributed by atoms with van der Waals surface area (Å²) in [6.07, 6.45) is 10.2. The van der Waals surface area contributed by atoms with Gasteiger partial charge in [-0.25, -0.2) is 15.0 Å². The largest absolute Gasteiger partial charge is 0.497 e. The maximum absolute atomic E-state index is 5.31. The summed E-state index contributed by atoms with van der Waals surface area (Å²) in [6.45, 7) is 0.719. The second-order valence-corrected chi connectivity index (χ2v) is 7.31. The number of aromatic nitrogens is 6. The van der Waals surface area contributed by atoms with Crippen molar-refractivity contribution < 1.29 is 4.74 Å². The first kappa shape index (κ1) is 18.2. The number of anilines is 1. The molecular weight excluding hydrogens is 378 g/mol. The Morgan fingerprint density at radius 1 is 1.17 bits per heavy atom. The predicted octanol–water partition coefficient (Wildman–Crippen LogP) is 1.54. The topological polar surface area (TPSA) is 92.7 Å². The van der Waals surface area contributed by atoms with Crippen molar-refractivity contribution in [2.45, 2.75) is 18.9 Å². The third-order valence-electron chi connectivity index (χ3n) is 5.32. The molecule has 0 radical (unpaired) electrons. The van der Waals surface area contributed by atoms with E-state index >= 15 is 0 Å². The molecular formula is C22H21N7O. The summed E-state index contributed by atoms with van der Waals surface area (Å²) in [4.78, 5) is 20.3. The Labute approximate surface area is 173 Å². The molecule has 0 saturated carbocycles. The molecule has 1 atom stereocenters. The number of benzene rings is 1. The number of hydrogen-bond acceptors (Lipinski definition) is 7. The van der Waals surface area contributed by atoms with Gasteiger partial charge in [0.05, 0.1) is 41.3 Å². The SMILES string of the molecule is COc1cccc(CN(C)c2cnc3c(n2)=CCC(c2ncnc4[nH]ncc24)C=3)c1. The number of nitrogens with one attached hydrogen (secondary N) is 1. The van der Waals surface area contributed by atoms with E-state index in [1.165, 1.54) is 0 Å². The van der Waals surface area contributed by atoms with Crippen LogP contribution in [0.25, 0.3) is 23.2 Å². The molecule has 0 bridgehead atoms. The summed E-state index contributed by atoms with van der Waals surface area (Å²) in [5.41, 5.74) is 2.86. The molecule has 0 spiro atoms. The van der Waals surface area contributed by atoms with Crippen molar-refractivity contribution >= 4 is 29.0 Å². The van der Waals surface area contributed by atoms with Gasteiger partial charge in [0.25, 0.3) is 0 Å². The van der Waals surface area contributed by atoms with Crippen LogP contribution in [0.1, 0.15) is 23.6 Å². The van der Waals surface area contributed by atoms with E-state index in [-0.39, 0.29) is 5.92 Å². The lowest BCUT2D eigenvalue weighted by Crippen LogP contribution is -2.36. The molecule has 0 amide bonds. The fraction of sp³-hybridized carbons (Fsp3) is 0.227. The molecule has 0 fully saturated rings. The van der Waals surface area contributed by atoms with E-state index in [1.807, 2.05) is 31.4 Å². The van der Waals surface area contributed by atoms with Gasteiger partial charge in [-0.3, -0.25) is 10.1 Å². The summed E-state index contributed by atoms with van der Waals surface area (Å²) >= 11 is 0. The van der Waals surface area contributed by atoms with Crippen LogP contribution in [-0.4, -0.2) is 44.3 Å². The molecule has 0 saturated heterocycles. The van der Waals surface area contributed by atoms with Gasteiger partial charge in [0.2, 0.25) is 0 Å². The van der Waals surface area contributed by atoms with Crippen LogP contribution in [0.15, 0.2) is 43.0 Å². The molecule has 150 valence electrons. The van der Waals surface area contributed by atoms with Crippen molar-refractivity contribution in [3.8, 4) is 5.75 Å². The highest BCUT2D eigenvalue weighted by atomic mass is 16.5. The van der Waals surface area contributed by atoms with Gasteiger partial charge in [-0.1, -0.05) is 18.2 Å². The highest BCUT2D eigenvalue weighted by molar-refractivity contribution is 5.78. The van der Waals surface area contributed by atoms with Crippen molar-refractivity contribution in [3.63, 3.8) is 0 Å². The first-order valence-electron chi connectivity index (χ1n) is 9.74. The van der Waals surface area contributed by atoms with Gasteiger partial charge in [0, 0.05) is 19.5 Å². The Hall–Kier alpha value is -3.81. The second-order valence-electron chi connectivity index (χ2n) is 7.31. The fourth-order valence-corrected chi connectivity index (χ4v) is 3.76. The molecule has 3 aromatic heterocycles. The molecule has 3 heterocycles. The smallest absolute Gasteiger partial charge is 0.158 e. The molecule has 8 heteroatoms. The van der Waals surface area contributed by atoms with Crippen LogP contribution in [0.3, 0.4) is 0 Å². The molecule has 1 unspecified atom stereocenters. The molecule has 1 aromatic carbocycles. The third kappa shape index (κ3) is 3.36. The van der Waals surface area contributed by atoms with E-state index in [2.05, 4.69) is 48.3 Å². The zero-order valence-electron chi connectivity index (χ0n) is 16.8. The normalized spacial score (nSPS) is 15.2. The van der Waals surface area contributed by atoms with E-state index in [0.29, 0.717) is 0 Å². The molecule has 30 heavy (non-hydrogen) atoms. The lowest BCUT2D eigenvalue weighted by Gasteiger charge is -2.19. The van der Waals surface area contributed by atoms with Gasteiger partial charge in [0.1, 0.15) is 17.9 Å². The molecule has 1 N–H and O–H groups in total. The van der Waals surface area contributed by atoms with E-state index in [0.717, 1.165) is 57.5 Å². The van der Waals surface area contributed by atoms with Gasteiger partial charge >= 0.3 is 0 Å². The van der Waals surface area contributed by atoms with Crippen LogP contribution < -0.4 is 20.3 Å². The number of H-pyrrole nitrogens is 1. The number of aromatic amines is 1. The zero-order valence-corrected chi connectivity index (χ0v) is 16.8. The van der Waals surface area contributed by atoms with Crippen molar-refractivity contribution in [1.29, 1.82) is 0 Å². The minimum atomic E-state index is 0.121. The number of fused-ring (bicyclic) bond motifs is 2. The Morgan fingerprint density at radius 3 is 3.00 bits per heavy atom. The van der Waals surface area contributed by atoms with Gasteiger partial charge < -0.3 is 9.64 Å². The summed E-state index contributed by atoms with van der Waals surface area (Å²) in [5.74, 6) is 1.80. The highest BCUT2D eigenvalue weighted by Crippen LogP contribution is 2.26. The minimum absolute atomic E-state index is 0.121. The standard InChI is InChI=1S/C22H21N7O/c1-29(12-14-4-3-5-16(8-14)30-2)20-11-23-19-9-15(6-7-18(19)27-20)21-17-10-26-28-22(17)25-13-24-21/h3-5,7-11,13,15H,6,12H2,1-2H3,(H,24,25,26,28). The van der Waals surface area contributed by atoms with Crippen LogP contribution in [0.2, 0.25) is 0 Å². The van der Waals surface area contributed by atoms with Gasteiger partial charge in [-0.05, 0) is 30.2 Å². The predicted molar refractivity (Wildman–Crippen MR) is 114 cm³/mol. The summed E-state index contributed by atoms with van der Waals surface area (Å²) in [5, 5.41) is 9.70. The fourth-order valence-electron chi connectivity index (χ4n) is 3.76. The Morgan fingerprint density at radius 2 is 2.10 bits per heavy atom. The quantitative estimate of drug-likeness (QED) is 0.544. The Balaban J connectivity index is 1.42. The molecule has 0 aliphatic heterocycles. The molecule has 1 aliphatic carbocycles. The Bertz CT molecular complexity index is 1330. The van der Waals surface area contributed by atoms with E-state index in [1.54, 1.807) is 19.6 Å². The number of ether oxygens (including phenoxy) is 1. The molecule has 8 nitrogen and oxygen atoms in total. The Kier molecular flexibility index (Phi) is 4.59. The maximum Gasteiger partial charge on any atom is 0.158 e. The molecule has 4 aromatic rings. The first-order valence-corrected chi connectivity index (χ1v) is 9.74. The first-order chi connectivity index (χ1) is 14.7. The van der Waals surface area contributed by atoms with Crippen LogP contribution in [0.4, 0.5) is 5.82 Å².